The second kappa shape index (κ2) is 8.21. The highest BCUT2D eigenvalue weighted by Crippen LogP contribution is 2.25. The fourth-order valence-corrected chi connectivity index (χ4v) is 2.00. The third-order valence-electron chi connectivity index (χ3n) is 3.01. The molecule has 1 aromatic carbocycles. The Kier molecular flexibility index (Phi) is 6.02. The van der Waals surface area contributed by atoms with Gasteiger partial charge in [0.05, 0.1) is 4.92 Å². The average molecular weight is 379 g/mol. The number of nitrogen functional groups attached to an aromatic ring is 1. The maximum Gasteiger partial charge on any atom is 0.331 e. The SMILES string of the molecule is CN(C)c1nc(N)nc(COC(=O)/C=C/c2ccc(Cl)c([N+](=O)[O-])c2)n1. The molecule has 26 heavy (non-hydrogen) atoms. The largest absolute Gasteiger partial charge is 0.454 e. The Morgan fingerprint density at radius 1 is 1.38 bits per heavy atom. The van der Waals surface area contributed by atoms with Crippen molar-refractivity contribution >= 4 is 41.2 Å². The van der Waals surface area contributed by atoms with Crippen LogP contribution in [-0.4, -0.2) is 39.9 Å². The molecule has 0 aliphatic heterocycles. The van der Waals surface area contributed by atoms with E-state index < -0.39 is 10.9 Å². The van der Waals surface area contributed by atoms with Crippen molar-refractivity contribution in [3.63, 3.8) is 0 Å². The molecule has 0 fully saturated rings. The maximum atomic E-state index is 11.8. The molecule has 0 atom stereocenters. The van der Waals surface area contributed by atoms with E-state index in [9.17, 15) is 14.9 Å². The van der Waals surface area contributed by atoms with Crippen LogP contribution in [0.2, 0.25) is 5.02 Å². The molecule has 0 radical (unpaired) electrons. The molecule has 0 unspecified atom stereocenters. The number of carbonyl (C=O) groups is 1. The van der Waals surface area contributed by atoms with Crippen LogP contribution in [0.25, 0.3) is 6.08 Å². The number of nitrogens with zero attached hydrogens (tertiary/aromatic N) is 5. The number of halogens is 1. The van der Waals surface area contributed by atoms with Crippen molar-refractivity contribution in [1.29, 1.82) is 0 Å². The summed E-state index contributed by atoms with van der Waals surface area (Å²) in [4.78, 5) is 35.6. The zero-order chi connectivity index (χ0) is 19.3. The van der Waals surface area contributed by atoms with Gasteiger partial charge in [-0.3, -0.25) is 10.1 Å². The Morgan fingerprint density at radius 2 is 2.12 bits per heavy atom. The van der Waals surface area contributed by atoms with Gasteiger partial charge >= 0.3 is 5.97 Å². The van der Waals surface area contributed by atoms with E-state index >= 15 is 0 Å². The molecule has 2 N–H and O–H groups in total. The first-order chi connectivity index (χ1) is 12.3. The third-order valence-corrected chi connectivity index (χ3v) is 3.33. The van der Waals surface area contributed by atoms with Gasteiger partial charge < -0.3 is 15.4 Å². The lowest BCUT2D eigenvalue weighted by molar-refractivity contribution is -0.384. The molecule has 0 aliphatic rings. The number of nitro groups is 1. The minimum atomic E-state index is -0.673. The maximum absolute atomic E-state index is 11.8. The first-order valence-electron chi connectivity index (χ1n) is 7.23. The quantitative estimate of drug-likeness (QED) is 0.345. The van der Waals surface area contributed by atoms with Gasteiger partial charge in [0.1, 0.15) is 5.02 Å². The molecule has 2 rings (SSSR count). The molecule has 0 spiro atoms. The van der Waals surface area contributed by atoms with E-state index in [1.165, 1.54) is 24.3 Å². The summed E-state index contributed by atoms with van der Waals surface area (Å²) >= 11 is 5.73. The number of anilines is 2. The minimum Gasteiger partial charge on any atom is -0.454 e. The second-order valence-corrected chi connectivity index (χ2v) is 5.62. The van der Waals surface area contributed by atoms with Gasteiger partial charge in [-0.2, -0.15) is 15.0 Å². The second-order valence-electron chi connectivity index (χ2n) is 5.21. The molecule has 10 nitrogen and oxygen atoms in total. The summed E-state index contributed by atoms with van der Waals surface area (Å²) in [5.74, 6) is -0.121. The van der Waals surface area contributed by atoms with Crippen molar-refractivity contribution < 1.29 is 14.5 Å². The molecular weight excluding hydrogens is 364 g/mol. The molecule has 0 bridgehead atoms. The lowest BCUT2D eigenvalue weighted by Gasteiger charge is -2.11. The van der Waals surface area contributed by atoms with Gasteiger partial charge in [0.15, 0.2) is 12.4 Å². The summed E-state index contributed by atoms with van der Waals surface area (Å²) in [6.07, 6.45) is 2.50. The van der Waals surface area contributed by atoms with E-state index in [2.05, 4.69) is 15.0 Å². The predicted molar refractivity (Wildman–Crippen MR) is 95.5 cm³/mol. The average Bonchev–Trinajstić information content (AvgIpc) is 2.58. The number of nitro benzene ring substituents is 1. The lowest BCUT2D eigenvalue weighted by Crippen LogP contribution is -2.17. The van der Waals surface area contributed by atoms with Gasteiger partial charge in [-0.15, -0.1) is 0 Å². The van der Waals surface area contributed by atoms with Gasteiger partial charge in [-0.05, 0) is 17.7 Å². The van der Waals surface area contributed by atoms with Gasteiger partial charge in [0.2, 0.25) is 11.9 Å². The van der Waals surface area contributed by atoms with E-state index in [1.807, 2.05) is 0 Å². The van der Waals surface area contributed by atoms with Crippen LogP contribution in [0.3, 0.4) is 0 Å². The zero-order valence-electron chi connectivity index (χ0n) is 13.9. The highest BCUT2D eigenvalue weighted by atomic mass is 35.5. The Labute approximate surface area is 153 Å². The van der Waals surface area contributed by atoms with Crippen molar-refractivity contribution in [2.24, 2.45) is 0 Å². The topological polar surface area (TPSA) is 137 Å². The van der Waals surface area contributed by atoms with Crippen LogP contribution in [-0.2, 0) is 16.1 Å². The molecule has 1 heterocycles. The Balaban J connectivity index is 2.02. The molecule has 11 heteroatoms. The highest BCUT2D eigenvalue weighted by Gasteiger charge is 2.12. The van der Waals surface area contributed by atoms with Gasteiger partial charge in [-0.25, -0.2) is 4.79 Å². The van der Waals surface area contributed by atoms with Crippen molar-refractivity contribution in [3.8, 4) is 0 Å². The summed E-state index contributed by atoms with van der Waals surface area (Å²) < 4.78 is 5.03. The number of hydrogen-bond donors (Lipinski definition) is 1. The minimum absolute atomic E-state index is 0.0127. The molecule has 2 aromatic rings. The molecule has 1 aromatic heterocycles. The van der Waals surface area contributed by atoms with Gasteiger partial charge in [0, 0.05) is 26.2 Å². The van der Waals surface area contributed by atoms with Crippen molar-refractivity contribution in [2.45, 2.75) is 6.61 Å². The number of ether oxygens (including phenoxy) is 1. The van der Waals surface area contributed by atoms with E-state index in [0.29, 0.717) is 11.5 Å². The Bertz CT molecular complexity index is 871. The number of esters is 1. The summed E-state index contributed by atoms with van der Waals surface area (Å²) in [5.41, 5.74) is 5.76. The predicted octanol–water partition coefficient (Wildman–Crippen LogP) is 1.84. The number of nitrogens with two attached hydrogens (primary N) is 1. The number of aromatic nitrogens is 3. The van der Waals surface area contributed by atoms with Gasteiger partial charge in [0.25, 0.3) is 5.69 Å². The first kappa shape index (κ1) is 19.1. The normalized spacial score (nSPS) is 10.7. The summed E-state index contributed by atoms with van der Waals surface area (Å²) in [6.45, 7) is -0.197. The molecular formula is C15H15ClN6O4. The molecule has 136 valence electrons. The van der Waals surface area contributed by atoms with Crippen LogP contribution >= 0.6 is 11.6 Å². The first-order valence-corrected chi connectivity index (χ1v) is 7.60. The fourth-order valence-electron chi connectivity index (χ4n) is 1.81. The summed E-state index contributed by atoms with van der Waals surface area (Å²) in [6, 6.07) is 4.17. The third kappa shape index (κ3) is 5.11. The molecule has 0 aliphatic carbocycles. The monoisotopic (exact) mass is 378 g/mol. The number of rotatable bonds is 6. The van der Waals surface area contributed by atoms with Gasteiger partial charge in [-0.1, -0.05) is 17.7 Å². The summed E-state index contributed by atoms with van der Waals surface area (Å²) in [5, 5.41) is 10.9. The smallest absolute Gasteiger partial charge is 0.331 e. The fraction of sp³-hybridized carbons (Fsp3) is 0.200. The Morgan fingerprint density at radius 3 is 2.77 bits per heavy atom. The lowest BCUT2D eigenvalue weighted by atomic mass is 10.2. The summed E-state index contributed by atoms with van der Waals surface area (Å²) in [7, 11) is 3.47. The van der Waals surface area contributed by atoms with Crippen molar-refractivity contribution in [1.82, 2.24) is 15.0 Å². The molecule has 0 amide bonds. The van der Waals surface area contributed by atoms with Crippen molar-refractivity contribution in [3.05, 3.63) is 50.8 Å². The van der Waals surface area contributed by atoms with E-state index in [1.54, 1.807) is 19.0 Å². The van der Waals surface area contributed by atoms with Crippen LogP contribution in [0.15, 0.2) is 24.3 Å². The number of carbonyl (C=O) groups excluding carboxylic acids is 1. The standard InChI is InChI=1S/C15H15ClN6O4/c1-21(2)15-19-12(18-14(17)20-15)8-26-13(23)6-4-9-3-5-10(16)11(7-9)22(24)25/h3-7H,8H2,1-2H3,(H2,17,18,19,20)/b6-4+. The van der Waals surface area contributed by atoms with Crippen LogP contribution in [0.1, 0.15) is 11.4 Å². The molecule has 0 saturated heterocycles. The van der Waals surface area contributed by atoms with E-state index in [4.69, 9.17) is 22.1 Å². The highest BCUT2D eigenvalue weighted by molar-refractivity contribution is 6.32. The van der Waals surface area contributed by atoms with Crippen LogP contribution < -0.4 is 10.6 Å². The number of hydrogen-bond acceptors (Lipinski definition) is 9. The molecule has 0 saturated carbocycles. The van der Waals surface area contributed by atoms with Crippen LogP contribution in [0.5, 0.6) is 0 Å². The van der Waals surface area contributed by atoms with Crippen molar-refractivity contribution in [2.75, 3.05) is 24.7 Å². The van der Waals surface area contributed by atoms with E-state index in [-0.39, 0.29) is 29.1 Å². The Hall–Kier alpha value is -3.27. The number of benzene rings is 1. The van der Waals surface area contributed by atoms with Crippen LogP contribution in [0, 0.1) is 10.1 Å². The van der Waals surface area contributed by atoms with Crippen LogP contribution in [0.4, 0.5) is 17.6 Å². The zero-order valence-corrected chi connectivity index (χ0v) is 14.7. The van der Waals surface area contributed by atoms with E-state index in [0.717, 1.165) is 6.08 Å².